The number of carbonyl (C=O) groups is 7. The van der Waals surface area contributed by atoms with Gasteiger partial charge in [0, 0.05) is 53.9 Å². The lowest BCUT2D eigenvalue weighted by Crippen LogP contribution is -2.54. The fourth-order valence-corrected chi connectivity index (χ4v) is 8.29. The maximum absolute atomic E-state index is 14.3. The van der Waals surface area contributed by atoms with E-state index in [-0.39, 0.29) is 70.9 Å². The van der Waals surface area contributed by atoms with E-state index in [4.69, 9.17) is 4.74 Å². The number of aliphatic hydroxyl groups is 2. The molecule has 2 bridgehead atoms. The second kappa shape index (κ2) is 15.3. The Morgan fingerprint density at radius 3 is 2.34 bits per heavy atom. The van der Waals surface area contributed by atoms with E-state index in [1.807, 2.05) is 0 Å². The van der Waals surface area contributed by atoms with Crippen molar-refractivity contribution in [2.45, 2.75) is 75.5 Å². The molecule has 302 valence electrons. The minimum Gasteiger partial charge on any atom is -0.507 e. The van der Waals surface area contributed by atoms with Crippen molar-refractivity contribution in [3.8, 4) is 29.4 Å². The summed E-state index contributed by atoms with van der Waals surface area (Å²) in [7, 11) is 0. The van der Waals surface area contributed by atoms with Gasteiger partial charge < -0.3 is 36.0 Å². The first-order chi connectivity index (χ1) is 28.1. The zero-order valence-electron chi connectivity index (χ0n) is 32.3. The molecule has 0 aromatic heterocycles. The SMILES string of the molecule is C=C[C@H](CC(=O)[C@@H](NC(=O)CCCN1C(=O)C=CC1=O)C(C)C)C(=O)Nc1ccc2c(c1)C(=O)c1c(O)cc3c(c1C2=O)N[C@H]1C#C/C=C\C#C[C@@H](O)[C@@]32O[C@@]12[C@@H](C)O. The van der Waals surface area contributed by atoms with Crippen LogP contribution in [0.2, 0.25) is 0 Å². The molecule has 3 heterocycles. The molecule has 3 aliphatic heterocycles. The number of benzene rings is 2. The molecule has 1 fully saturated rings. The average molecular weight is 801 g/mol. The summed E-state index contributed by atoms with van der Waals surface area (Å²) in [4.78, 5) is 92.8. The number of amides is 4. The lowest BCUT2D eigenvalue weighted by molar-refractivity contribution is -0.137. The van der Waals surface area contributed by atoms with Crippen LogP contribution in [0.3, 0.4) is 0 Å². The number of Topliss-reactive ketones (excluding diaryl/α,β-unsaturated/α-hetero) is 1. The average Bonchev–Trinajstić information content (AvgIpc) is 3.85. The van der Waals surface area contributed by atoms with Crippen LogP contribution in [0.4, 0.5) is 11.4 Å². The Labute approximate surface area is 338 Å². The maximum Gasteiger partial charge on any atom is 0.253 e. The van der Waals surface area contributed by atoms with E-state index < -0.39 is 88.1 Å². The van der Waals surface area contributed by atoms with Gasteiger partial charge in [0.15, 0.2) is 34.7 Å². The van der Waals surface area contributed by atoms with Gasteiger partial charge in [0.1, 0.15) is 11.8 Å². The van der Waals surface area contributed by atoms with Crippen LogP contribution in [-0.2, 0) is 34.3 Å². The van der Waals surface area contributed by atoms with Gasteiger partial charge in [0.2, 0.25) is 11.8 Å². The monoisotopic (exact) mass is 800 g/mol. The molecule has 0 spiro atoms. The summed E-state index contributed by atoms with van der Waals surface area (Å²) in [6, 6.07) is 3.32. The van der Waals surface area contributed by atoms with Crippen molar-refractivity contribution < 1.29 is 53.6 Å². The molecule has 7 rings (SSSR count). The molecule has 6 N–H and O–H groups in total. The molecule has 1 saturated heterocycles. The number of anilines is 2. The van der Waals surface area contributed by atoms with Gasteiger partial charge in [-0.05, 0) is 55.7 Å². The molecular formula is C44H40N4O11. The molecule has 59 heavy (non-hydrogen) atoms. The second-order valence-corrected chi connectivity index (χ2v) is 15.2. The van der Waals surface area contributed by atoms with E-state index in [2.05, 4.69) is 46.2 Å². The number of imide groups is 1. The second-order valence-electron chi connectivity index (χ2n) is 15.2. The van der Waals surface area contributed by atoms with Crippen LogP contribution >= 0.6 is 0 Å². The Balaban J connectivity index is 1.08. The number of ether oxygens (including phenoxy) is 1. The number of phenolic OH excluding ortho intramolecular Hbond substituents is 1. The summed E-state index contributed by atoms with van der Waals surface area (Å²) in [5.41, 5.74) is -3.61. The third-order valence-electron chi connectivity index (χ3n) is 11.3. The van der Waals surface area contributed by atoms with E-state index in [1.54, 1.807) is 13.8 Å². The van der Waals surface area contributed by atoms with E-state index in [9.17, 15) is 48.9 Å². The summed E-state index contributed by atoms with van der Waals surface area (Å²) in [6.07, 6.45) is 3.57. The highest BCUT2D eigenvalue weighted by Crippen LogP contribution is 2.67. The molecule has 0 unspecified atom stereocenters. The molecule has 15 nitrogen and oxygen atoms in total. The third-order valence-corrected chi connectivity index (χ3v) is 11.3. The number of carbonyl (C=O) groups excluding carboxylic acids is 7. The van der Waals surface area contributed by atoms with Crippen molar-refractivity contribution in [2.75, 3.05) is 17.2 Å². The lowest BCUT2D eigenvalue weighted by Gasteiger charge is -2.37. The summed E-state index contributed by atoms with van der Waals surface area (Å²) in [5, 5.41) is 42.3. The number of aromatic hydroxyl groups is 1. The standard InChI is InChI=1S/C44H40N4O11/c1-5-24(19-30(51)38(22(2)3)47-33(53)13-10-18-48-34(54)16-17-35(48)55)42(58)45-25-14-15-26-27(20-25)41(57)36-29(50)21-28-39(37(36)40(26)56)46-31-11-8-6-7-9-12-32(52)44(28)43(31,59-44)23(4)49/h5-7,14-17,20-24,31-32,38,46,49-50,52H,1,10,13,18-19H2,2-4H3,(H,45,58)(H,47,53)/b7-6-/t23-,24-,31+,32-,38+,43+,44+/m1/s1. The highest BCUT2D eigenvalue weighted by Gasteiger charge is 2.82. The summed E-state index contributed by atoms with van der Waals surface area (Å²) in [5.74, 6) is 5.30. The zero-order chi connectivity index (χ0) is 42.6. The van der Waals surface area contributed by atoms with Gasteiger partial charge in [0.05, 0.1) is 34.9 Å². The molecule has 0 radical (unpaired) electrons. The van der Waals surface area contributed by atoms with Gasteiger partial charge in [0.25, 0.3) is 11.8 Å². The maximum atomic E-state index is 14.3. The Morgan fingerprint density at radius 1 is 1.00 bits per heavy atom. The predicted octanol–water partition coefficient (Wildman–Crippen LogP) is 1.79. The van der Waals surface area contributed by atoms with Crippen molar-refractivity contribution in [3.05, 3.63) is 89.0 Å². The van der Waals surface area contributed by atoms with Gasteiger partial charge >= 0.3 is 0 Å². The Morgan fingerprint density at radius 2 is 1.68 bits per heavy atom. The number of allylic oxidation sites excluding steroid dienone is 2. The van der Waals surface area contributed by atoms with Gasteiger partial charge in [-0.1, -0.05) is 43.6 Å². The number of nitrogens with zero attached hydrogens (tertiary/aromatic N) is 1. The molecule has 2 aliphatic carbocycles. The first-order valence-electron chi connectivity index (χ1n) is 19.0. The summed E-state index contributed by atoms with van der Waals surface area (Å²) in [6.45, 7) is 8.68. The van der Waals surface area contributed by atoms with Crippen molar-refractivity contribution in [1.29, 1.82) is 0 Å². The number of rotatable bonds is 13. The Hall–Kier alpha value is -6.65. The van der Waals surface area contributed by atoms with Crippen LogP contribution in [0.5, 0.6) is 5.75 Å². The minimum absolute atomic E-state index is 0.0403. The molecule has 2 aromatic carbocycles. The Bertz CT molecular complexity index is 2440. The van der Waals surface area contributed by atoms with Crippen molar-refractivity contribution in [3.63, 3.8) is 0 Å². The van der Waals surface area contributed by atoms with E-state index >= 15 is 0 Å². The number of fused-ring (bicyclic) bond motifs is 4. The number of hydrogen-bond donors (Lipinski definition) is 6. The van der Waals surface area contributed by atoms with E-state index in [0.717, 1.165) is 17.1 Å². The summed E-state index contributed by atoms with van der Waals surface area (Å²) < 4.78 is 6.20. The minimum atomic E-state index is -1.72. The van der Waals surface area contributed by atoms with Gasteiger partial charge in [-0.2, -0.15) is 0 Å². The van der Waals surface area contributed by atoms with E-state index in [1.165, 1.54) is 49.4 Å². The van der Waals surface area contributed by atoms with Crippen molar-refractivity contribution in [1.82, 2.24) is 10.2 Å². The smallest absolute Gasteiger partial charge is 0.253 e. The zero-order valence-corrected chi connectivity index (χ0v) is 32.3. The highest BCUT2D eigenvalue weighted by atomic mass is 16.7. The molecular weight excluding hydrogens is 761 g/mol. The van der Waals surface area contributed by atoms with Crippen LogP contribution in [0.15, 0.2) is 61.2 Å². The molecule has 4 amide bonds. The molecule has 15 heteroatoms. The van der Waals surface area contributed by atoms with Crippen molar-refractivity contribution in [2.24, 2.45) is 11.8 Å². The van der Waals surface area contributed by atoms with Crippen LogP contribution < -0.4 is 16.0 Å². The van der Waals surface area contributed by atoms with Crippen LogP contribution in [0.25, 0.3) is 0 Å². The van der Waals surface area contributed by atoms with Gasteiger partial charge in [-0.25, -0.2) is 0 Å². The van der Waals surface area contributed by atoms with Gasteiger partial charge in [-0.3, -0.25) is 38.5 Å². The topological polar surface area (TPSA) is 232 Å². The largest absolute Gasteiger partial charge is 0.507 e. The predicted molar refractivity (Wildman–Crippen MR) is 211 cm³/mol. The highest BCUT2D eigenvalue weighted by molar-refractivity contribution is 6.31. The number of epoxide rings is 1. The molecule has 7 atom stereocenters. The number of ketones is 3. The molecule has 0 saturated carbocycles. The molecule has 2 aromatic rings. The fraction of sp³-hybridized carbons (Fsp3) is 0.341. The number of nitrogens with one attached hydrogen (secondary N) is 3. The quantitative estimate of drug-likeness (QED) is 0.0478. The number of hydrogen-bond acceptors (Lipinski definition) is 12. The number of aliphatic hydroxyl groups excluding tert-OH is 2. The van der Waals surface area contributed by atoms with Crippen LogP contribution in [0, 0.1) is 35.5 Å². The van der Waals surface area contributed by atoms with Crippen molar-refractivity contribution >= 4 is 52.4 Å². The Kier molecular flexibility index (Phi) is 10.5. The first-order valence-corrected chi connectivity index (χ1v) is 19.0. The van der Waals surface area contributed by atoms with Crippen LogP contribution in [0.1, 0.15) is 77.4 Å². The first kappa shape index (κ1) is 40.5. The lowest BCUT2D eigenvalue weighted by atomic mass is 9.69. The number of phenols is 1. The van der Waals surface area contributed by atoms with Gasteiger partial charge in [-0.15, -0.1) is 6.58 Å². The fourth-order valence-electron chi connectivity index (χ4n) is 8.29. The van der Waals surface area contributed by atoms with E-state index in [0.29, 0.717) is 0 Å². The van der Waals surface area contributed by atoms with Crippen LogP contribution in [-0.4, -0.2) is 97.6 Å². The summed E-state index contributed by atoms with van der Waals surface area (Å²) >= 11 is 0. The molecule has 5 aliphatic rings. The third kappa shape index (κ3) is 6.63. The normalized spacial score (nSPS) is 24.9.